The van der Waals surface area contributed by atoms with E-state index in [1.165, 1.54) is 0 Å². The minimum Gasteiger partial charge on any atom is -0.508 e. The van der Waals surface area contributed by atoms with Crippen molar-refractivity contribution in [1.82, 2.24) is 4.98 Å². The van der Waals surface area contributed by atoms with E-state index in [1.807, 2.05) is 30.3 Å². The third-order valence-electron chi connectivity index (χ3n) is 3.41. The van der Waals surface area contributed by atoms with E-state index >= 15 is 0 Å². The van der Waals surface area contributed by atoms with Crippen molar-refractivity contribution in [3.63, 3.8) is 0 Å². The number of anilines is 1. The van der Waals surface area contributed by atoms with Gasteiger partial charge in [-0.2, -0.15) is 0 Å². The highest BCUT2D eigenvalue weighted by molar-refractivity contribution is 5.91. The largest absolute Gasteiger partial charge is 0.508 e. The third-order valence-corrected chi connectivity index (χ3v) is 3.41. The molecule has 20 heavy (non-hydrogen) atoms. The number of aromatic hydroxyl groups is 1. The fraction of sp³-hybridized carbons (Fsp3) is 0.118. The molecule has 0 saturated heterocycles. The number of phenolic OH excluding ortho intramolecular Hbond substituents is 1. The highest BCUT2D eigenvalue weighted by atomic mass is 16.3. The molecule has 3 heteroatoms. The lowest BCUT2D eigenvalue weighted by molar-refractivity contribution is 0.475. The molecule has 0 aliphatic heterocycles. The lowest BCUT2D eigenvalue weighted by Crippen LogP contribution is -2.06. The van der Waals surface area contributed by atoms with Crippen LogP contribution in [0, 0.1) is 0 Å². The highest BCUT2D eigenvalue weighted by Crippen LogP contribution is 2.26. The monoisotopic (exact) mass is 264 g/mol. The number of rotatable bonds is 3. The van der Waals surface area contributed by atoms with Gasteiger partial charge < -0.3 is 10.4 Å². The van der Waals surface area contributed by atoms with Crippen LogP contribution in [0.3, 0.4) is 0 Å². The predicted molar refractivity (Wildman–Crippen MR) is 81.9 cm³/mol. The number of pyridine rings is 1. The van der Waals surface area contributed by atoms with Gasteiger partial charge in [0.15, 0.2) is 0 Å². The van der Waals surface area contributed by atoms with Gasteiger partial charge in [0.25, 0.3) is 0 Å². The number of fused-ring (bicyclic) bond motifs is 1. The second kappa shape index (κ2) is 5.21. The van der Waals surface area contributed by atoms with Crippen molar-refractivity contribution < 1.29 is 5.11 Å². The molecular formula is C17H16N2O. The Hall–Kier alpha value is -2.55. The molecule has 1 atom stereocenters. The molecule has 1 unspecified atom stereocenters. The van der Waals surface area contributed by atoms with Crippen LogP contribution in [0.15, 0.2) is 60.8 Å². The molecule has 0 saturated carbocycles. The molecule has 0 aliphatic carbocycles. The van der Waals surface area contributed by atoms with Crippen LogP contribution >= 0.6 is 0 Å². The molecule has 0 aliphatic rings. The number of nitrogens with one attached hydrogen (secondary N) is 1. The van der Waals surface area contributed by atoms with Gasteiger partial charge in [0, 0.05) is 23.3 Å². The maximum atomic E-state index is 9.34. The highest BCUT2D eigenvalue weighted by Gasteiger charge is 2.07. The Morgan fingerprint density at radius 1 is 1.00 bits per heavy atom. The van der Waals surface area contributed by atoms with Crippen LogP contribution in [-0.4, -0.2) is 10.1 Å². The van der Waals surface area contributed by atoms with E-state index in [0.29, 0.717) is 0 Å². The molecular weight excluding hydrogens is 248 g/mol. The maximum absolute atomic E-state index is 9.34. The van der Waals surface area contributed by atoms with Gasteiger partial charge in [-0.15, -0.1) is 0 Å². The summed E-state index contributed by atoms with van der Waals surface area (Å²) in [7, 11) is 0. The molecule has 0 amide bonds. The summed E-state index contributed by atoms with van der Waals surface area (Å²) < 4.78 is 0. The fourth-order valence-electron chi connectivity index (χ4n) is 2.31. The Morgan fingerprint density at radius 2 is 1.80 bits per heavy atom. The Labute approximate surface area is 117 Å². The molecule has 3 aromatic rings. The van der Waals surface area contributed by atoms with Crippen molar-refractivity contribution in [2.45, 2.75) is 13.0 Å². The predicted octanol–water partition coefficient (Wildman–Crippen LogP) is 4.11. The molecule has 1 aromatic heterocycles. The Morgan fingerprint density at radius 3 is 2.60 bits per heavy atom. The number of benzene rings is 2. The van der Waals surface area contributed by atoms with Crippen LogP contribution in [0.25, 0.3) is 10.9 Å². The summed E-state index contributed by atoms with van der Waals surface area (Å²) in [5.41, 5.74) is 3.18. The van der Waals surface area contributed by atoms with E-state index in [4.69, 9.17) is 0 Å². The van der Waals surface area contributed by atoms with E-state index in [9.17, 15) is 5.11 Å². The molecule has 0 fully saturated rings. The Balaban J connectivity index is 1.91. The second-order valence-corrected chi connectivity index (χ2v) is 4.83. The molecule has 100 valence electrons. The number of phenols is 1. The van der Waals surface area contributed by atoms with Crippen LogP contribution in [0.2, 0.25) is 0 Å². The number of hydrogen-bond acceptors (Lipinski definition) is 3. The third kappa shape index (κ3) is 2.43. The van der Waals surface area contributed by atoms with Crippen molar-refractivity contribution in [1.29, 1.82) is 0 Å². The first kappa shape index (κ1) is 12.5. The summed E-state index contributed by atoms with van der Waals surface area (Å²) in [6.45, 7) is 2.10. The molecule has 0 radical (unpaired) electrons. The summed E-state index contributed by atoms with van der Waals surface area (Å²) in [6, 6.07) is 17.5. The molecule has 3 rings (SSSR count). The molecule has 2 N–H and O–H groups in total. The van der Waals surface area contributed by atoms with Crippen LogP contribution in [0.1, 0.15) is 18.5 Å². The van der Waals surface area contributed by atoms with Crippen molar-refractivity contribution in [2.24, 2.45) is 0 Å². The first-order valence-corrected chi connectivity index (χ1v) is 6.63. The average Bonchev–Trinajstić information content (AvgIpc) is 2.48. The van der Waals surface area contributed by atoms with E-state index < -0.39 is 0 Å². The fourth-order valence-corrected chi connectivity index (χ4v) is 2.31. The summed E-state index contributed by atoms with van der Waals surface area (Å²) in [5.74, 6) is 0.287. The zero-order valence-corrected chi connectivity index (χ0v) is 11.2. The molecule has 0 spiro atoms. The molecule has 1 heterocycles. The maximum Gasteiger partial charge on any atom is 0.115 e. The molecule has 2 aromatic carbocycles. The normalized spacial score (nSPS) is 12.2. The van der Waals surface area contributed by atoms with Gasteiger partial charge >= 0.3 is 0 Å². The van der Waals surface area contributed by atoms with Crippen LogP contribution in [-0.2, 0) is 0 Å². The van der Waals surface area contributed by atoms with Crippen LogP contribution in [0.4, 0.5) is 5.69 Å². The zero-order chi connectivity index (χ0) is 13.9. The van der Waals surface area contributed by atoms with Crippen molar-refractivity contribution >= 4 is 16.6 Å². The average molecular weight is 264 g/mol. The lowest BCUT2D eigenvalue weighted by Gasteiger charge is -2.17. The standard InChI is InChI=1S/C17H16N2O/c1-12(13-7-9-14(20)10-8-13)19-17-6-2-5-16-15(17)4-3-11-18-16/h2-12,19-20H,1H3. The molecule has 3 nitrogen and oxygen atoms in total. The number of hydrogen-bond donors (Lipinski definition) is 2. The van der Waals surface area contributed by atoms with Gasteiger partial charge in [-0.05, 0) is 48.9 Å². The van der Waals surface area contributed by atoms with Gasteiger partial charge in [-0.1, -0.05) is 18.2 Å². The van der Waals surface area contributed by atoms with Gasteiger partial charge in [0.2, 0.25) is 0 Å². The SMILES string of the molecule is CC(Nc1cccc2ncccc12)c1ccc(O)cc1. The summed E-state index contributed by atoms with van der Waals surface area (Å²) in [6.07, 6.45) is 1.80. The van der Waals surface area contributed by atoms with E-state index in [-0.39, 0.29) is 11.8 Å². The number of nitrogens with zero attached hydrogens (tertiary/aromatic N) is 1. The lowest BCUT2D eigenvalue weighted by atomic mass is 10.1. The van der Waals surface area contributed by atoms with E-state index in [2.05, 4.69) is 29.4 Å². The van der Waals surface area contributed by atoms with Gasteiger partial charge in [0.1, 0.15) is 5.75 Å². The van der Waals surface area contributed by atoms with Crippen molar-refractivity contribution in [3.8, 4) is 5.75 Å². The summed E-state index contributed by atoms with van der Waals surface area (Å²) in [4.78, 5) is 4.36. The van der Waals surface area contributed by atoms with Crippen LogP contribution < -0.4 is 5.32 Å². The second-order valence-electron chi connectivity index (χ2n) is 4.83. The first-order chi connectivity index (χ1) is 9.74. The van der Waals surface area contributed by atoms with Crippen molar-refractivity contribution in [3.05, 3.63) is 66.4 Å². The van der Waals surface area contributed by atoms with E-state index in [0.717, 1.165) is 22.2 Å². The minimum absolute atomic E-state index is 0.154. The topological polar surface area (TPSA) is 45.2 Å². The quantitative estimate of drug-likeness (QED) is 0.748. The minimum atomic E-state index is 0.154. The Kier molecular flexibility index (Phi) is 3.25. The van der Waals surface area contributed by atoms with Gasteiger partial charge in [0.05, 0.1) is 5.52 Å². The summed E-state index contributed by atoms with van der Waals surface area (Å²) >= 11 is 0. The van der Waals surface area contributed by atoms with Crippen molar-refractivity contribution in [2.75, 3.05) is 5.32 Å². The van der Waals surface area contributed by atoms with Gasteiger partial charge in [-0.25, -0.2) is 0 Å². The number of aromatic nitrogens is 1. The zero-order valence-electron chi connectivity index (χ0n) is 11.2. The smallest absolute Gasteiger partial charge is 0.115 e. The Bertz CT molecular complexity index is 717. The summed E-state index contributed by atoms with van der Waals surface area (Å²) in [5, 5.41) is 14.0. The van der Waals surface area contributed by atoms with Gasteiger partial charge in [-0.3, -0.25) is 4.98 Å². The van der Waals surface area contributed by atoms with Crippen LogP contribution in [0.5, 0.6) is 5.75 Å². The first-order valence-electron chi connectivity index (χ1n) is 6.63. The molecule has 0 bridgehead atoms. The van der Waals surface area contributed by atoms with E-state index in [1.54, 1.807) is 18.3 Å².